The van der Waals surface area contributed by atoms with Crippen LogP contribution in [0.3, 0.4) is 0 Å². The molecular weight excluding hydrogens is 314 g/mol. The maximum absolute atomic E-state index is 10.4. The fourth-order valence-corrected chi connectivity index (χ4v) is 2.13. The molecule has 0 bridgehead atoms. The summed E-state index contributed by atoms with van der Waals surface area (Å²) in [6.45, 7) is 1.25. The van der Waals surface area contributed by atoms with Crippen LogP contribution in [0.15, 0.2) is 16.6 Å². The number of carboxylic acid groups (broad SMARTS) is 1. The SMILES string of the molecule is COc1cc(CNCCCC(=O)O)c(OC)cc1Br. The Labute approximate surface area is 121 Å². The molecule has 0 heterocycles. The minimum Gasteiger partial charge on any atom is -0.496 e. The molecule has 0 spiro atoms. The molecule has 0 aromatic heterocycles. The van der Waals surface area contributed by atoms with E-state index in [9.17, 15) is 4.79 Å². The topological polar surface area (TPSA) is 67.8 Å². The Hall–Kier alpha value is -1.27. The number of nitrogens with one attached hydrogen (secondary N) is 1. The summed E-state index contributed by atoms with van der Waals surface area (Å²) in [6.07, 6.45) is 0.777. The molecule has 0 saturated carbocycles. The van der Waals surface area contributed by atoms with E-state index in [0.29, 0.717) is 19.5 Å². The molecule has 0 atom stereocenters. The molecule has 0 aliphatic rings. The second kappa shape index (κ2) is 8.01. The Kier molecular flexibility index (Phi) is 6.66. The van der Waals surface area contributed by atoms with Crippen LogP contribution in [0, 0.1) is 0 Å². The lowest BCUT2D eigenvalue weighted by Crippen LogP contribution is -2.16. The number of carbonyl (C=O) groups is 1. The molecule has 0 radical (unpaired) electrons. The van der Waals surface area contributed by atoms with Crippen LogP contribution in [0.1, 0.15) is 18.4 Å². The molecule has 5 nitrogen and oxygen atoms in total. The number of rotatable bonds is 8. The maximum atomic E-state index is 10.4. The van der Waals surface area contributed by atoms with E-state index in [1.807, 2.05) is 12.1 Å². The molecule has 106 valence electrons. The molecule has 0 amide bonds. The van der Waals surface area contributed by atoms with Crippen LogP contribution >= 0.6 is 15.9 Å². The number of hydrogen-bond donors (Lipinski definition) is 2. The normalized spacial score (nSPS) is 10.3. The summed E-state index contributed by atoms with van der Waals surface area (Å²) < 4.78 is 11.4. The van der Waals surface area contributed by atoms with Crippen molar-refractivity contribution >= 4 is 21.9 Å². The molecule has 19 heavy (non-hydrogen) atoms. The molecule has 1 aromatic rings. The van der Waals surface area contributed by atoms with Gasteiger partial charge in [-0.15, -0.1) is 0 Å². The van der Waals surface area contributed by atoms with Gasteiger partial charge in [-0.05, 0) is 41.0 Å². The monoisotopic (exact) mass is 331 g/mol. The number of carboxylic acids is 1. The zero-order chi connectivity index (χ0) is 14.3. The average Bonchev–Trinajstić information content (AvgIpc) is 2.38. The van der Waals surface area contributed by atoms with Crippen molar-refractivity contribution in [1.82, 2.24) is 5.32 Å². The first-order valence-corrected chi connectivity index (χ1v) is 6.70. The van der Waals surface area contributed by atoms with Gasteiger partial charge < -0.3 is 19.9 Å². The minimum absolute atomic E-state index is 0.174. The summed E-state index contributed by atoms with van der Waals surface area (Å²) in [4.78, 5) is 10.4. The van der Waals surface area contributed by atoms with Crippen LogP contribution in [-0.2, 0) is 11.3 Å². The minimum atomic E-state index is -0.773. The number of methoxy groups -OCH3 is 2. The van der Waals surface area contributed by atoms with Crippen molar-refractivity contribution in [2.45, 2.75) is 19.4 Å². The molecule has 0 fully saturated rings. The zero-order valence-electron chi connectivity index (χ0n) is 11.0. The lowest BCUT2D eigenvalue weighted by molar-refractivity contribution is -0.137. The molecule has 0 aliphatic carbocycles. The van der Waals surface area contributed by atoms with E-state index in [0.717, 1.165) is 21.5 Å². The quantitative estimate of drug-likeness (QED) is 0.716. The van der Waals surface area contributed by atoms with Crippen LogP contribution < -0.4 is 14.8 Å². The number of hydrogen-bond acceptors (Lipinski definition) is 4. The van der Waals surface area contributed by atoms with E-state index in [-0.39, 0.29) is 6.42 Å². The van der Waals surface area contributed by atoms with Gasteiger partial charge in [-0.2, -0.15) is 0 Å². The molecule has 2 N–H and O–H groups in total. The predicted molar refractivity (Wildman–Crippen MR) is 75.8 cm³/mol. The molecule has 6 heteroatoms. The van der Waals surface area contributed by atoms with Gasteiger partial charge in [0.05, 0.1) is 18.7 Å². The Bertz CT molecular complexity index is 437. The van der Waals surface area contributed by atoms with Gasteiger partial charge in [0.15, 0.2) is 0 Å². The Morgan fingerprint density at radius 3 is 2.58 bits per heavy atom. The number of halogens is 1. The first-order chi connectivity index (χ1) is 9.08. The van der Waals surface area contributed by atoms with Crippen molar-refractivity contribution in [2.24, 2.45) is 0 Å². The standard InChI is InChI=1S/C13H18BrNO4/c1-18-11-7-10(14)12(19-2)6-9(11)8-15-5-3-4-13(16)17/h6-7,15H,3-5,8H2,1-2H3,(H,16,17). The summed E-state index contributed by atoms with van der Waals surface area (Å²) in [6, 6.07) is 3.75. The Balaban J connectivity index is 2.58. The largest absolute Gasteiger partial charge is 0.496 e. The number of ether oxygens (including phenoxy) is 2. The second-order valence-electron chi connectivity index (χ2n) is 3.97. The van der Waals surface area contributed by atoms with E-state index in [2.05, 4.69) is 21.2 Å². The van der Waals surface area contributed by atoms with Gasteiger partial charge in [-0.3, -0.25) is 4.79 Å². The number of benzene rings is 1. The Morgan fingerprint density at radius 2 is 2.00 bits per heavy atom. The van der Waals surface area contributed by atoms with Crippen molar-refractivity contribution in [3.05, 3.63) is 22.2 Å². The van der Waals surface area contributed by atoms with Crippen molar-refractivity contribution in [3.63, 3.8) is 0 Å². The maximum Gasteiger partial charge on any atom is 0.303 e. The first-order valence-electron chi connectivity index (χ1n) is 5.91. The molecule has 1 aromatic carbocycles. The third-order valence-corrected chi connectivity index (χ3v) is 3.23. The summed E-state index contributed by atoms with van der Waals surface area (Å²) >= 11 is 3.40. The molecular formula is C13H18BrNO4. The van der Waals surface area contributed by atoms with Crippen LogP contribution in [0.25, 0.3) is 0 Å². The van der Waals surface area contributed by atoms with Gasteiger partial charge in [-0.25, -0.2) is 0 Å². The first kappa shape index (κ1) is 15.8. The third-order valence-electron chi connectivity index (χ3n) is 2.61. The molecule has 0 saturated heterocycles. The van der Waals surface area contributed by atoms with Gasteiger partial charge in [0.1, 0.15) is 11.5 Å². The van der Waals surface area contributed by atoms with Crippen LogP contribution in [0.4, 0.5) is 0 Å². The van der Waals surface area contributed by atoms with Crippen LogP contribution in [0.2, 0.25) is 0 Å². The molecule has 0 aliphatic heterocycles. The smallest absolute Gasteiger partial charge is 0.303 e. The summed E-state index contributed by atoms with van der Waals surface area (Å²) in [5.74, 6) is 0.728. The number of aliphatic carboxylic acids is 1. The predicted octanol–water partition coefficient (Wildman–Crippen LogP) is 2.42. The summed E-state index contributed by atoms with van der Waals surface area (Å²) in [5, 5.41) is 11.7. The van der Waals surface area contributed by atoms with Gasteiger partial charge in [0.2, 0.25) is 0 Å². The molecule has 0 unspecified atom stereocenters. The molecule has 1 rings (SSSR count). The van der Waals surface area contributed by atoms with E-state index >= 15 is 0 Å². The van der Waals surface area contributed by atoms with Crippen LogP contribution in [0.5, 0.6) is 11.5 Å². The van der Waals surface area contributed by atoms with E-state index in [4.69, 9.17) is 14.6 Å². The zero-order valence-corrected chi connectivity index (χ0v) is 12.6. The second-order valence-corrected chi connectivity index (χ2v) is 4.83. The average molecular weight is 332 g/mol. The summed E-state index contributed by atoms with van der Waals surface area (Å²) in [7, 11) is 3.22. The summed E-state index contributed by atoms with van der Waals surface area (Å²) in [5.41, 5.74) is 0.970. The van der Waals surface area contributed by atoms with Gasteiger partial charge in [0, 0.05) is 18.5 Å². The van der Waals surface area contributed by atoms with Gasteiger partial charge in [-0.1, -0.05) is 0 Å². The lowest BCUT2D eigenvalue weighted by Gasteiger charge is -2.12. The van der Waals surface area contributed by atoms with Crippen molar-refractivity contribution < 1.29 is 19.4 Å². The fourth-order valence-electron chi connectivity index (χ4n) is 1.65. The van der Waals surface area contributed by atoms with Crippen molar-refractivity contribution in [3.8, 4) is 11.5 Å². The van der Waals surface area contributed by atoms with Gasteiger partial charge in [0.25, 0.3) is 0 Å². The van der Waals surface area contributed by atoms with Gasteiger partial charge >= 0.3 is 5.97 Å². The Morgan fingerprint density at radius 1 is 1.32 bits per heavy atom. The lowest BCUT2D eigenvalue weighted by atomic mass is 10.2. The van der Waals surface area contributed by atoms with E-state index in [1.54, 1.807) is 14.2 Å². The van der Waals surface area contributed by atoms with Crippen molar-refractivity contribution in [1.29, 1.82) is 0 Å². The third kappa shape index (κ3) is 5.08. The van der Waals surface area contributed by atoms with E-state index in [1.165, 1.54) is 0 Å². The van der Waals surface area contributed by atoms with Crippen LogP contribution in [-0.4, -0.2) is 31.8 Å². The highest BCUT2D eigenvalue weighted by atomic mass is 79.9. The van der Waals surface area contributed by atoms with Crippen molar-refractivity contribution in [2.75, 3.05) is 20.8 Å². The fraction of sp³-hybridized carbons (Fsp3) is 0.462. The highest BCUT2D eigenvalue weighted by molar-refractivity contribution is 9.10. The van der Waals surface area contributed by atoms with E-state index < -0.39 is 5.97 Å². The highest BCUT2D eigenvalue weighted by Crippen LogP contribution is 2.32. The highest BCUT2D eigenvalue weighted by Gasteiger charge is 2.09.